The number of carbonyl (C=O) groups is 1. The van der Waals surface area contributed by atoms with Crippen molar-refractivity contribution in [1.29, 1.82) is 0 Å². The molecule has 0 aromatic rings. The molecule has 1 unspecified atom stereocenters. The fourth-order valence-corrected chi connectivity index (χ4v) is 1.49. The quantitative estimate of drug-likeness (QED) is 0.629. The molecule has 12 heavy (non-hydrogen) atoms. The van der Waals surface area contributed by atoms with Gasteiger partial charge in [-0.25, -0.2) is 4.79 Å². The molecular weight excluding hydrogens is 156 g/mol. The molecule has 4 nitrogen and oxygen atoms in total. The average Bonchev–Trinajstić information content (AvgIpc) is 2.15. The summed E-state index contributed by atoms with van der Waals surface area (Å²) in [5, 5.41) is 0. The Labute approximate surface area is 72.7 Å². The normalized spacial score (nSPS) is 26.2. The first-order valence-electron chi connectivity index (χ1n) is 4.33. The number of amides is 1. The Morgan fingerprint density at radius 3 is 2.92 bits per heavy atom. The number of rotatable bonds is 1. The van der Waals surface area contributed by atoms with Gasteiger partial charge in [0.2, 0.25) is 0 Å². The lowest BCUT2D eigenvalue weighted by Gasteiger charge is -2.14. The Hall–Kier alpha value is -0.770. The van der Waals surface area contributed by atoms with Crippen LogP contribution in [0.2, 0.25) is 0 Å². The summed E-state index contributed by atoms with van der Waals surface area (Å²) in [6.45, 7) is 2.07. The summed E-state index contributed by atoms with van der Waals surface area (Å²) in [6.07, 6.45) is 2.30. The summed E-state index contributed by atoms with van der Waals surface area (Å²) in [5.74, 6) is 0. The lowest BCUT2D eigenvalue weighted by Crippen LogP contribution is -2.24. The van der Waals surface area contributed by atoms with Crippen molar-refractivity contribution >= 4 is 6.09 Å². The van der Waals surface area contributed by atoms with Gasteiger partial charge in [-0.05, 0) is 32.9 Å². The van der Waals surface area contributed by atoms with Gasteiger partial charge in [-0.3, -0.25) is 0 Å². The molecule has 2 N–H and O–H groups in total. The number of nitrogens with zero attached hydrogens (tertiary/aromatic N) is 1. The summed E-state index contributed by atoms with van der Waals surface area (Å²) in [6, 6.07) is 0. The largest absolute Gasteiger partial charge is 0.446 e. The number of likely N-dealkylation sites (tertiary alicyclic amines) is 1. The lowest BCUT2D eigenvalue weighted by atomic mass is 10.2. The fraction of sp³-hybridized carbons (Fsp3) is 0.875. The zero-order chi connectivity index (χ0) is 8.97. The maximum atomic E-state index is 10.4. The van der Waals surface area contributed by atoms with E-state index in [9.17, 15) is 4.79 Å². The van der Waals surface area contributed by atoms with Crippen LogP contribution in [0.4, 0.5) is 4.79 Å². The van der Waals surface area contributed by atoms with Crippen LogP contribution in [0.25, 0.3) is 0 Å². The van der Waals surface area contributed by atoms with Crippen LogP contribution < -0.4 is 5.73 Å². The van der Waals surface area contributed by atoms with Gasteiger partial charge in [-0.15, -0.1) is 0 Å². The minimum atomic E-state index is -0.649. The molecule has 1 saturated heterocycles. The first kappa shape index (κ1) is 9.32. The van der Waals surface area contributed by atoms with E-state index in [1.807, 2.05) is 0 Å². The van der Waals surface area contributed by atoms with E-state index in [-0.39, 0.29) is 6.10 Å². The molecule has 0 saturated carbocycles. The first-order valence-corrected chi connectivity index (χ1v) is 4.33. The minimum absolute atomic E-state index is 0.0347. The Morgan fingerprint density at radius 2 is 2.25 bits per heavy atom. The standard InChI is InChI=1S/C8H16N2O2/c1-10-5-2-3-7(4-6-10)12-8(9)11/h7H,2-6H2,1H3,(H2,9,11). The van der Waals surface area contributed by atoms with Gasteiger partial charge in [0.15, 0.2) is 0 Å². The molecule has 0 aromatic heterocycles. The molecule has 1 fully saturated rings. The number of nitrogens with two attached hydrogens (primary N) is 1. The van der Waals surface area contributed by atoms with Crippen LogP contribution in [0.5, 0.6) is 0 Å². The SMILES string of the molecule is CN1CCCC(OC(N)=O)CC1. The van der Waals surface area contributed by atoms with Gasteiger partial charge in [-0.1, -0.05) is 0 Å². The molecule has 0 aromatic carbocycles. The van der Waals surface area contributed by atoms with Crippen LogP contribution in [0.1, 0.15) is 19.3 Å². The number of hydrogen-bond acceptors (Lipinski definition) is 3. The van der Waals surface area contributed by atoms with E-state index >= 15 is 0 Å². The summed E-state index contributed by atoms with van der Waals surface area (Å²) in [4.78, 5) is 12.7. The van der Waals surface area contributed by atoms with Crippen molar-refractivity contribution in [3.05, 3.63) is 0 Å². The molecule has 1 aliphatic rings. The molecule has 1 aliphatic heterocycles. The highest BCUT2D eigenvalue weighted by Crippen LogP contribution is 2.12. The number of carbonyl (C=O) groups excluding carboxylic acids is 1. The topological polar surface area (TPSA) is 55.6 Å². The Morgan fingerprint density at radius 1 is 1.50 bits per heavy atom. The Balaban J connectivity index is 2.30. The highest BCUT2D eigenvalue weighted by molar-refractivity contribution is 5.64. The second kappa shape index (κ2) is 4.30. The molecule has 4 heteroatoms. The van der Waals surface area contributed by atoms with Crippen molar-refractivity contribution in [2.45, 2.75) is 25.4 Å². The molecular formula is C8H16N2O2. The fourth-order valence-electron chi connectivity index (χ4n) is 1.49. The summed E-state index contributed by atoms with van der Waals surface area (Å²) < 4.78 is 4.93. The molecule has 1 rings (SSSR count). The van der Waals surface area contributed by atoms with Crippen molar-refractivity contribution in [2.24, 2.45) is 5.73 Å². The minimum Gasteiger partial charge on any atom is -0.446 e. The third kappa shape index (κ3) is 3.09. The second-order valence-electron chi connectivity index (χ2n) is 3.29. The molecule has 0 radical (unpaired) electrons. The highest BCUT2D eigenvalue weighted by atomic mass is 16.6. The Kier molecular flexibility index (Phi) is 3.34. The third-order valence-electron chi connectivity index (χ3n) is 2.18. The maximum Gasteiger partial charge on any atom is 0.404 e. The monoisotopic (exact) mass is 172 g/mol. The van der Waals surface area contributed by atoms with Crippen molar-refractivity contribution in [1.82, 2.24) is 4.90 Å². The first-order chi connectivity index (χ1) is 5.68. The van der Waals surface area contributed by atoms with Crippen LogP contribution in [-0.2, 0) is 4.74 Å². The van der Waals surface area contributed by atoms with E-state index in [0.29, 0.717) is 0 Å². The average molecular weight is 172 g/mol. The van der Waals surface area contributed by atoms with E-state index in [2.05, 4.69) is 11.9 Å². The molecule has 1 amide bonds. The molecule has 70 valence electrons. The summed E-state index contributed by atoms with van der Waals surface area (Å²) in [5.41, 5.74) is 4.93. The number of primary amides is 1. The van der Waals surface area contributed by atoms with E-state index in [0.717, 1.165) is 32.4 Å². The molecule has 0 aliphatic carbocycles. The number of hydrogen-bond donors (Lipinski definition) is 1. The van der Waals surface area contributed by atoms with Gasteiger partial charge in [0.25, 0.3) is 0 Å². The molecule has 0 bridgehead atoms. The van der Waals surface area contributed by atoms with Gasteiger partial charge in [-0.2, -0.15) is 0 Å². The summed E-state index contributed by atoms with van der Waals surface area (Å²) in [7, 11) is 2.08. The lowest BCUT2D eigenvalue weighted by molar-refractivity contribution is 0.0975. The van der Waals surface area contributed by atoms with Crippen molar-refractivity contribution < 1.29 is 9.53 Å². The van der Waals surface area contributed by atoms with Crippen LogP contribution in [0.15, 0.2) is 0 Å². The second-order valence-corrected chi connectivity index (χ2v) is 3.29. The van der Waals surface area contributed by atoms with E-state index in [4.69, 9.17) is 10.5 Å². The van der Waals surface area contributed by atoms with Gasteiger partial charge < -0.3 is 15.4 Å². The van der Waals surface area contributed by atoms with Crippen molar-refractivity contribution in [3.63, 3.8) is 0 Å². The molecule has 0 spiro atoms. The maximum absolute atomic E-state index is 10.4. The van der Waals surface area contributed by atoms with Crippen molar-refractivity contribution in [2.75, 3.05) is 20.1 Å². The molecule has 1 atom stereocenters. The van der Waals surface area contributed by atoms with Crippen LogP contribution in [0, 0.1) is 0 Å². The van der Waals surface area contributed by atoms with Gasteiger partial charge in [0.1, 0.15) is 6.10 Å². The highest BCUT2D eigenvalue weighted by Gasteiger charge is 2.16. The van der Waals surface area contributed by atoms with E-state index in [1.54, 1.807) is 0 Å². The third-order valence-corrected chi connectivity index (χ3v) is 2.18. The van der Waals surface area contributed by atoms with E-state index in [1.165, 1.54) is 0 Å². The zero-order valence-corrected chi connectivity index (χ0v) is 7.45. The van der Waals surface area contributed by atoms with Gasteiger partial charge in [0.05, 0.1) is 0 Å². The van der Waals surface area contributed by atoms with Gasteiger partial charge >= 0.3 is 6.09 Å². The van der Waals surface area contributed by atoms with Crippen LogP contribution in [-0.4, -0.2) is 37.2 Å². The van der Waals surface area contributed by atoms with E-state index < -0.39 is 6.09 Å². The molecule has 1 heterocycles. The number of ether oxygens (including phenoxy) is 1. The van der Waals surface area contributed by atoms with Gasteiger partial charge in [0, 0.05) is 6.54 Å². The van der Waals surface area contributed by atoms with Crippen LogP contribution >= 0.6 is 0 Å². The Bertz CT molecular complexity index is 161. The predicted octanol–water partition coefficient (Wildman–Crippen LogP) is 0.566. The smallest absolute Gasteiger partial charge is 0.404 e. The zero-order valence-electron chi connectivity index (χ0n) is 7.45. The van der Waals surface area contributed by atoms with Crippen LogP contribution in [0.3, 0.4) is 0 Å². The van der Waals surface area contributed by atoms with Crippen molar-refractivity contribution in [3.8, 4) is 0 Å². The predicted molar refractivity (Wildman–Crippen MR) is 45.8 cm³/mol. The summed E-state index contributed by atoms with van der Waals surface area (Å²) >= 11 is 0.